The molecule has 100 valence electrons. The van der Waals surface area contributed by atoms with Gasteiger partial charge in [0.1, 0.15) is 5.82 Å². The van der Waals surface area contributed by atoms with Crippen molar-refractivity contribution in [2.75, 3.05) is 7.05 Å². The third-order valence-corrected chi connectivity index (χ3v) is 2.72. The average molecular weight is 252 g/mol. The molecular formula is C14H21FN2O. The van der Waals surface area contributed by atoms with E-state index >= 15 is 0 Å². The van der Waals surface area contributed by atoms with E-state index in [4.69, 9.17) is 5.73 Å². The average Bonchev–Trinajstić information content (AvgIpc) is 2.24. The molecule has 18 heavy (non-hydrogen) atoms. The van der Waals surface area contributed by atoms with Crippen LogP contribution in [0, 0.1) is 5.82 Å². The fourth-order valence-corrected chi connectivity index (χ4v) is 1.62. The Morgan fingerprint density at radius 2 is 2.11 bits per heavy atom. The largest absolute Gasteiger partial charge is 0.341 e. The first-order chi connectivity index (χ1) is 8.28. The minimum Gasteiger partial charge on any atom is -0.341 e. The highest BCUT2D eigenvalue weighted by atomic mass is 19.1. The SMILES string of the molecule is CN(Cc1cccc(F)c1)C(=O)CCC(C)(C)N. The lowest BCUT2D eigenvalue weighted by atomic mass is 10.00. The molecule has 0 saturated heterocycles. The maximum atomic E-state index is 13.0. The zero-order chi connectivity index (χ0) is 13.8. The van der Waals surface area contributed by atoms with Gasteiger partial charge in [-0.1, -0.05) is 12.1 Å². The first-order valence-corrected chi connectivity index (χ1v) is 6.05. The summed E-state index contributed by atoms with van der Waals surface area (Å²) in [6.07, 6.45) is 1.05. The standard InChI is InChI=1S/C14H21FN2O/c1-14(2,16)8-7-13(18)17(3)10-11-5-4-6-12(15)9-11/h4-6,9H,7-8,10,16H2,1-3H3. The van der Waals surface area contributed by atoms with E-state index in [0.29, 0.717) is 19.4 Å². The molecule has 0 radical (unpaired) electrons. The third-order valence-electron chi connectivity index (χ3n) is 2.72. The molecule has 4 heteroatoms. The normalized spacial score (nSPS) is 11.4. The van der Waals surface area contributed by atoms with E-state index in [0.717, 1.165) is 5.56 Å². The molecule has 0 aliphatic rings. The van der Waals surface area contributed by atoms with Crippen molar-refractivity contribution in [3.63, 3.8) is 0 Å². The Hall–Kier alpha value is -1.42. The lowest BCUT2D eigenvalue weighted by Gasteiger charge is -2.21. The van der Waals surface area contributed by atoms with Gasteiger partial charge in [0.05, 0.1) is 0 Å². The number of nitrogens with zero attached hydrogens (tertiary/aromatic N) is 1. The minimum absolute atomic E-state index is 0.0257. The number of amides is 1. The number of nitrogens with two attached hydrogens (primary N) is 1. The second-order valence-corrected chi connectivity index (χ2v) is 5.37. The lowest BCUT2D eigenvalue weighted by Crippen LogP contribution is -2.34. The fraction of sp³-hybridized carbons (Fsp3) is 0.500. The van der Waals surface area contributed by atoms with Crippen LogP contribution in [0.2, 0.25) is 0 Å². The van der Waals surface area contributed by atoms with Gasteiger partial charge >= 0.3 is 0 Å². The van der Waals surface area contributed by atoms with E-state index in [-0.39, 0.29) is 17.3 Å². The van der Waals surface area contributed by atoms with Gasteiger partial charge in [0.2, 0.25) is 5.91 Å². The summed E-state index contributed by atoms with van der Waals surface area (Å²) in [4.78, 5) is 13.5. The molecule has 0 aromatic heterocycles. The van der Waals surface area contributed by atoms with E-state index < -0.39 is 0 Å². The Morgan fingerprint density at radius 1 is 1.44 bits per heavy atom. The maximum Gasteiger partial charge on any atom is 0.222 e. The Bertz CT molecular complexity index is 413. The molecule has 0 fully saturated rings. The van der Waals surface area contributed by atoms with Gasteiger partial charge < -0.3 is 10.6 Å². The fourth-order valence-electron chi connectivity index (χ4n) is 1.62. The molecule has 3 nitrogen and oxygen atoms in total. The molecule has 0 aliphatic carbocycles. The second-order valence-electron chi connectivity index (χ2n) is 5.37. The van der Waals surface area contributed by atoms with Crippen LogP contribution in [0.3, 0.4) is 0 Å². The Balaban J connectivity index is 2.50. The summed E-state index contributed by atoms with van der Waals surface area (Å²) in [6, 6.07) is 6.28. The van der Waals surface area contributed by atoms with Crippen LogP contribution in [0.4, 0.5) is 4.39 Å². The maximum absolute atomic E-state index is 13.0. The topological polar surface area (TPSA) is 46.3 Å². The molecule has 0 saturated carbocycles. The molecule has 0 aliphatic heterocycles. The second kappa shape index (κ2) is 5.96. The summed E-state index contributed by atoms with van der Waals surface area (Å²) in [7, 11) is 1.72. The number of hydrogen-bond donors (Lipinski definition) is 1. The van der Waals surface area contributed by atoms with Crippen LogP contribution in [0.15, 0.2) is 24.3 Å². The van der Waals surface area contributed by atoms with Crippen molar-refractivity contribution in [1.29, 1.82) is 0 Å². The van der Waals surface area contributed by atoms with Crippen molar-refractivity contribution in [2.24, 2.45) is 5.73 Å². The van der Waals surface area contributed by atoms with Gasteiger partial charge in [-0.2, -0.15) is 0 Å². The molecule has 0 bridgehead atoms. The van der Waals surface area contributed by atoms with Crippen LogP contribution >= 0.6 is 0 Å². The molecule has 0 spiro atoms. The van der Waals surface area contributed by atoms with Crippen LogP contribution in [0.25, 0.3) is 0 Å². The number of carbonyl (C=O) groups is 1. The van der Waals surface area contributed by atoms with Gasteiger partial charge in [-0.3, -0.25) is 4.79 Å². The molecule has 1 aromatic rings. The van der Waals surface area contributed by atoms with E-state index in [1.165, 1.54) is 12.1 Å². The quantitative estimate of drug-likeness (QED) is 0.874. The molecule has 1 rings (SSSR count). The number of hydrogen-bond acceptors (Lipinski definition) is 2. The first-order valence-electron chi connectivity index (χ1n) is 6.05. The van der Waals surface area contributed by atoms with E-state index in [9.17, 15) is 9.18 Å². The van der Waals surface area contributed by atoms with E-state index in [2.05, 4.69) is 0 Å². The van der Waals surface area contributed by atoms with Gasteiger partial charge in [0.15, 0.2) is 0 Å². The number of benzene rings is 1. The molecule has 1 aromatic carbocycles. The van der Waals surface area contributed by atoms with Crippen molar-refractivity contribution >= 4 is 5.91 Å². The highest BCUT2D eigenvalue weighted by Gasteiger charge is 2.15. The number of carbonyl (C=O) groups excluding carboxylic acids is 1. The van der Waals surface area contributed by atoms with Gasteiger partial charge in [0, 0.05) is 25.6 Å². The molecule has 0 unspecified atom stereocenters. The van der Waals surface area contributed by atoms with Crippen LogP contribution in [-0.2, 0) is 11.3 Å². The summed E-state index contributed by atoms with van der Waals surface area (Å²) >= 11 is 0. The van der Waals surface area contributed by atoms with Crippen molar-refractivity contribution < 1.29 is 9.18 Å². The molecule has 1 amide bonds. The van der Waals surface area contributed by atoms with Crippen LogP contribution in [-0.4, -0.2) is 23.4 Å². The zero-order valence-corrected chi connectivity index (χ0v) is 11.2. The summed E-state index contributed by atoms with van der Waals surface area (Å²) in [5.74, 6) is -0.255. The Kier molecular flexibility index (Phi) is 4.84. The van der Waals surface area contributed by atoms with Crippen LogP contribution in [0.1, 0.15) is 32.3 Å². The summed E-state index contributed by atoms with van der Waals surface area (Å²) < 4.78 is 13.0. The minimum atomic E-state index is -0.338. The van der Waals surface area contributed by atoms with Crippen LogP contribution < -0.4 is 5.73 Å². The Labute approximate surface area is 108 Å². The predicted octanol–water partition coefficient (Wildman–Crippen LogP) is 2.30. The van der Waals surface area contributed by atoms with Crippen molar-refractivity contribution in [3.05, 3.63) is 35.6 Å². The third kappa shape index (κ3) is 5.27. The monoisotopic (exact) mass is 252 g/mol. The Morgan fingerprint density at radius 3 is 2.67 bits per heavy atom. The van der Waals surface area contributed by atoms with Gasteiger partial charge in [-0.25, -0.2) is 4.39 Å². The molecule has 0 atom stereocenters. The molecular weight excluding hydrogens is 231 g/mol. The molecule has 2 N–H and O–H groups in total. The van der Waals surface area contributed by atoms with Gasteiger partial charge in [0.25, 0.3) is 0 Å². The van der Waals surface area contributed by atoms with Gasteiger partial charge in [-0.15, -0.1) is 0 Å². The van der Waals surface area contributed by atoms with Crippen molar-refractivity contribution in [2.45, 2.75) is 38.8 Å². The van der Waals surface area contributed by atoms with E-state index in [1.54, 1.807) is 24.1 Å². The van der Waals surface area contributed by atoms with E-state index in [1.807, 2.05) is 13.8 Å². The van der Waals surface area contributed by atoms with Crippen molar-refractivity contribution in [3.8, 4) is 0 Å². The van der Waals surface area contributed by atoms with Gasteiger partial charge in [-0.05, 0) is 38.0 Å². The summed E-state index contributed by atoms with van der Waals surface area (Å²) in [5, 5.41) is 0. The number of halogens is 1. The smallest absolute Gasteiger partial charge is 0.222 e. The lowest BCUT2D eigenvalue weighted by molar-refractivity contribution is -0.130. The predicted molar refractivity (Wildman–Crippen MR) is 70.4 cm³/mol. The number of rotatable bonds is 5. The molecule has 0 heterocycles. The summed E-state index contributed by atoms with van der Waals surface area (Å²) in [6.45, 7) is 4.21. The highest BCUT2D eigenvalue weighted by molar-refractivity contribution is 5.75. The highest BCUT2D eigenvalue weighted by Crippen LogP contribution is 2.11. The van der Waals surface area contributed by atoms with Crippen LogP contribution in [0.5, 0.6) is 0 Å². The first kappa shape index (κ1) is 14.6. The summed E-state index contributed by atoms with van der Waals surface area (Å²) in [5.41, 5.74) is 6.29. The van der Waals surface area contributed by atoms with Crippen molar-refractivity contribution in [1.82, 2.24) is 4.90 Å². The zero-order valence-electron chi connectivity index (χ0n) is 11.2.